The first kappa shape index (κ1) is 21.4. The Morgan fingerprint density at radius 3 is 2.91 bits per heavy atom. The van der Waals surface area contributed by atoms with E-state index in [4.69, 9.17) is 4.74 Å². The fraction of sp³-hybridized carbons (Fsp3) is 0.226. The van der Waals surface area contributed by atoms with Crippen LogP contribution in [0.3, 0.4) is 0 Å². The molecule has 0 amide bonds. The van der Waals surface area contributed by atoms with Crippen LogP contribution in [-0.2, 0) is 10.2 Å². The van der Waals surface area contributed by atoms with Crippen molar-refractivity contribution in [2.24, 2.45) is 0 Å². The van der Waals surface area contributed by atoms with E-state index in [1.165, 1.54) is 17.0 Å². The molecule has 0 N–H and O–H groups in total. The molecule has 2 aromatic rings. The largest absolute Gasteiger partial charge is 0.482 e. The SMILES string of the molecule is CC1(c2ccccc2-c2cncc(C#N)c2)C=C(N2C3=C(C=CCC3)OC3C=CC=CC32)C=CC1. The van der Waals surface area contributed by atoms with Crippen molar-refractivity contribution in [3.05, 3.63) is 126 Å². The van der Waals surface area contributed by atoms with E-state index in [0.29, 0.717) is 5.56 Å². The fourth-order valence-corrected chi connectivity index (χ4v) is 5.62. The average Bonchev–Trinajstić information content (AvgIpc) is 2.91. The molecule has 3 aliphatic carbocycles. The average molecular weight is 458 g/mol. The van der Waals surface area contributed by atoms with Gasteiger partial charge in [0.25, 0.3) is 0 Å². The molecule has 3 atom stereocenters. The van der Waals surface area contributed by atoms with Gasteiger partial charge in [0.2, 0.25) is 0 Å². The quantitative estimate of drug-likeness (QED) is 0.529. The predicted molar refractivity (Wildman–Crippen MR) is 138 cm³/mol. The van der Waals surface area contributed by atoms with Crippen molar-refractivity contribution in [3.63, 3.8) is 0 Å². The molecule has 0 saturated carbocycles. The molecular formula is C31H27N3O. The standard InChI is InChI=1S/C31H27N3O/c1-31(26-11-3-2-10-25(26)23-17-22(19-32)20-33-21-23)16-8-9-24(18-31)34-27-12-4-6-14-29(27)35-30-15-7-5-13-28(30)34/h2-4,6-12,14-15,17-18,20-21,27,29H,5,13,16H2,1H3. The zero-order valence-electron chi connectivity index (χ0n) is 19.8. The summed E-state index contributed by atoms with van der Waals surface area (Å²) in [6.07, 6.45) is 26.3. The molecule has 35 heavy (non-hydrogen) atoms. The van der Waals surface area contributed by atoms with Gasteiger partial charge in [-0.25, -0.2) is 0 Å². The number of nitrogens with zero attached hydrogens (tertiary/aromatic N) is 3. The zero-order valence-corrected chi connectivity index (χ0v) is 19.8. The molecule has 172 valence electrons. The van der Waals surface area contributed by atoms with Crippen LogP contribution in [0.4, 0.5) is 0 Å². The zero-order chi connectivity index (χ0) is 23.8. The molecule has 0 saturated heterocycles. The van der Waals surface area contributed by atoms with Crippen molar-refractivity contribution >= 4 is 0 Å². The third kappa shape index (κ3) is 3.74. The van der Waals surface area contributed by atoms with E-state index in [1.807, 2.05) is 12.3 Å². The third-order valence-corrected chi connectivity index (χ3v) is 7.31. The van der Waals surface area contributed by atoms with Crippen molar-refractivity contribution in [1.82, 2.24) is 9.88 Å². The lowest BCUT2D eigenvalue weighted by molar-refractivity contribution is 0.0668. The highest BCUT2D eigenvalue weighted by molar-refractivity contribution is 5.70. The summed E-state index contributed by atoms with van der Waals surface area (Å²) in [7, 11) is 0. The van der Waals surface area contributed by atoms with Gasteiger partial charge in [-0.05, 0) is 54.7 Å². The second kappa shape index (κ2) is 8.60. The van der Waals surface area contributed by atoms with Crippen LogP contribution in [0, 0.1) is 11.3 Å². The van der Waals surface area contributed by atoms with Gasteiger partial charge in [-0.2, -0.15) is 5.26 Å². The van der Waals surface area contributed by atoms with Crippen LogP contribution >= 0.6 is 0 Å². The molecule has 1 aliphatic heterocycles. The molecule has 3 unspecified atom stereocenters. The monoisotopic (exact) mass is 457 g/mol. The Bertz CT molecular complexity index is 1400. The molecule has 0 fully saturated rings. The van der Waals surface area contributed by atoms with Crippen LogP contribution in [0.15, 0.2) is 115 Å². The van der Waals surface area contributed by atoms with E-state index in [9.17, 15) is 5.26 Å². The van der Waals surface area contributed by atoms with Gasteiger partial charge in [0.15, 0.2) is 0 Å². The van der Waals surface area contributed by atoms with Crippen molar-refractivity contribution in [3.8, 4) is 17.2 Å². The van der Waals surface area contributed by atoms with Gasteiger partial charge in [-0.3, -0.25) is 4.98 Å². The van der Waals surface area contributed by atoms with Gasteiger partial charge in [0, 0.05) is 29.1 Å². The molecule has 1 aromatic carbocycles. The van der Waals surface area contributed by atoms with E-state index >= 15 is 0 Å². The number of ether oxygens (including phenoxy) is 1. The van der Waals surface area contributed by atoms with Crippen molar-refractivity contribution in [2.75, 3.05) is 0 Å². The highest BCUT2D eigenvalue weighted by Crippen LogP contribution is 2.44. The minimum atomic E-state index is -0.212. The Balaban J connectivity index is 1.46. The minimum absolute atomic E-state index is 0.00364. The molecular weight excluding hydrogens is 430 g/mol. The molecule has 4 heteroatoms. The van der Waals surface area contributed by atoms with Crippen LogP contribution in [0.25, 0.3) is 11.1 Å². The summed E-state index contributed by atoms with van der Waals surface area (Å²) < 4.78 is 6.38. The summed E-state index contributed by atoms with van der Waals surface area (Å²) in [5.74, 6) is 0.985. The van der Waals surface area contributed by atoms with Crippen LogP contribution in [0.1, 0.15) is 37.3 Å². The summed E-state index contributed by atoms with van der Waals surface area (Å²) in [6, 6.07) is 12.8. The summed E-state index contributed by atoms with van der Waals surface area (Å²) in [5.41, 5.74) is 6.15. The maximum absolute atomic E-state index is 9.40. The summed E-state index contributed by atoms with van der Waals surface area (Å²) in [5, 5.41) is 9.40. The molecule has 4 nitrogen and oxygen atoms in total. The van der Waals surface area contributed by atoms with E-state index < -0.39 is 0 Å². The molecule has 0 radical (unpaired) electrons. The van der Waals surface area contributed by atoms with Gasteiger partial charge in [-0.1, -0.05) is 67.6 Å². The topological polar surface area (TPSA) is 49.2 Å². The smallest absolute Gasteiger partial charge is 0.141 e. The number of fused-ring (bicyclic) bond motifs is 1. The number of rotatable bonds is 3. The lowest BCUT2D eigenvalue weighted by Gasteiger charge is -2.46. The van der Waals surface area contributed by atoms with Gasteiger partial charge in [0.1, 0.15) is 17.9 Å². The van der Waals surface area contributed by atoms with Gasteiger partial charge < -0.3 is 9.64 Å². The van der Waals surface area contributed by atoms with Gasteiger partial charge >= 0.3 is 0 Å². The van der Waals surface area contributed by atoms with E-state index in [0.717, 1.165) is 36.1 Å². The maximum atomic E-state index is 9.40. The second-order valence-corrected chi connectivity index (χ2v) is 9.68. The number of allylic oxidation sites excluding steroid dienone is 8. The normalized spacial score (nSPS) is 26.5. The molecule has 4 aliphatic rings. The summed E-state index contributed by atoms with van der Waals surface area (Å²) in [4.78, 5) is 6.81. The van der Waals surface area contributed by atoms with Crippen molar-refractivity contribution in [2.45, 2.75) is 43.7 Å². The fourth-order valence-electron chi connectivity index (χ4n) is 5.62. The van der Waals surface area contributed by atoms with Crippen LogP contribution in [-0.4, -0.2) is 22.0 Å². The Labute approximate surface area is 206 Å². The van der Waals surface area contributed by atoms with Crippen LogP contribution in [0.5, 0.6) is 0 Å². The van der Waals surface area contributed by atoms with E-state index in [1.54, 1.807) is 6.20 Å². The number of hydrogen-bond acceptors (Lipinski definition) is 4. The molecule has 2 heterocycles. The van der Waals surface area contributed by atoms with Gasteiger partial charge in [-0.15, -0.1) is 0 Å². The molecule has 6 rings (SSSR count). The maximum Gasteiger partial charge on any atom is 0.141 e. The first-order valence-corrected chi connectivity index (χ1v) is 12.2. The van der Waals surface area contributed by atoms with Crippen molar-refractivity contribution < 1.29 is 4.74 Å². The lowest BCUT2D eigenvalue weighted by Crippen LogP contribution is -2.47. The first-order valence-electron chi connectivity index (χ1n) is 12.2. The Kier molecular flexibility index (Phi) is 5.26. The summed E-state index contributed by atoms with van der Waals surface area (Å²) >= 11 is 0. The number of benzene rings is 1. The van der Waals surface area contributed by atoms with E-state index in [-0.39, 0.29) is 17.6 Å². The Morgan fingerprint density at radius 1 is 1.11 bits per heavy atom. The van der Waals surface area contributed by atoms with Crippen LogP contribution < -0.4 is 0 Å². The molecule has 1 aromatic heterocycles. The Morgan fingerprint density at radius 2 is 2.00 bits per heavy atom. The lowest BCUT2D eigenvalue weighted by atomic mass is 9.73. The van der Waals surface area contributed by atoms with Crippen molar-refractivity contribution in [1.29, 1.82) is 5.26 Å². The highest BCUT2D eigenvalue weighted by Gasteiger charge is 2.39. The molecule has 0 bridgehead atoms. The minimum Gasteiger partial charge on any atom is -0.482 e. The summed E-state index contributed by atoms with van der Waals surface area (Å²) in [6.45, 7) is 2.31. The molecule has 0 spiro atoms. The second-order valence-electron chi connectivity index (χ2n) is 9.68. The number of hydrogen-bond donors (Lipinski definition) is 0. The number of pyridine rings is 1. The third-order valence-electron chi connectivity index (χ3n) is 7.31. The van der Waals surface area contributed by atoms with Gasteiger partial charge in [0.05, 0.1) is 17.3 Å². The Hall–Kier alpha value is -4.10. The highest BCUT2D eigenvalue weighted by atomic mass is 16.5. The number of aromatic nitrogens is 1. The first-order chi connectivity index (χ1) is 17.2. The number of nitriles is 1. The van der Waals surface area contributed by atoms with Crippen LogP contribution in [0.2, 0.25) is 0 Å². The predicted octanol–water partition coefficient (Wildman–Crippen LogP) is 6.48. The van der Waals surface area contributed by atoms with E-state index in [2.05, 4.69) is 102 Å².